The maximum absolute atomic E-state index is 12.1. The smallest absolute Gasteiger partial charge is 0.240 e. The summed E-state index contributed by atoms with van der Waals surface area (Å²) in [5.74, 6) is 0. The van der Waals surface area contributed by atoms with E-state index < -0.39 is 10.0 Å². The van der Waals surface area contributed by atoms with E-state index in [1.54, 1.807) is 6.92 Å². The normalized spacial score (nSPS) is 20.9. The third-order valence-electron chi connectivity index (χ3n) is 3.16. The zero-order valence-corrected chi connectivity index (χ0v) is 11.5. The molecule has 19 heavy (non-hydrogen) atoms. The Morgan fingerprint density at radius 3 is 2.63 bits per heavy atom. The zero-order valence-electron chi connectivity index (χ0n) is 10.7. The van der Waals surface area contributed by atoms with Gasteiger partial charge in [-0.25, -0.2) is 13.1 Å². The van der Waals surface area contributed by atoms with Crippen molar-refractivity contribution in [2.45, 2.75) is 36.8 Å². The van der Waals surface area contributed by atoms with Crippen molar-refractivity contribution in [3.8, 4) is 6.07 Å². The van der Waals surface area contributed by atoms with Gasteiger partial charge in [-0.2, -0.15) is 5.26 Å². The van der Waals surface area contributed by atoms with E-state index in [4.69, 9.17) is 10.00 Å². The molecular formula is C13H16N2O3S. The molecule has 1 N–H and O–H groups in total. The maximum atomic E-state index is 12.1. The number of benzene rings is 1. The van der Waals surface area contributed by atoms with E-state index in [-0.39, 0.29) is 17.0 Å². The van der Waals surface area contributed by atoms with Crippen LogP contribution in [0, 0.1) is 11.3 Å². The van der Waals surface area contributed by atoms with Gasteiger partial charge in [0.2, 0.25) is 10.0 Å². The molecule has 0 amide bonds. The lowest BCUT2D eigenvalue weighted by atomic mass is 10.1. The number of nitriles is 1. The molecule has 1 aromatic rings. The van der Waals surface area contributed by atoms with E-state index in [9.17, 15) is 8.42 Å². The second kappa shape index (κ2) is 5.70. The highest BCUT2D eigenvalue weighted by molar-refractivity contribution is 7.89. The number of nitrogens with zero attached hydrogens (tertiary/aromatic N) is 1. The Bertz CT molecular complexity index is 569. The van der Waals surface area contributed by atoms with Gasteiger partial charge in [0.05, 0.1) is 22.6 Å². The highest BCUT2D eigenvalue weighted by atomic mass is 32.2. The molecule has 1 aliphatic rings. The summed E-state index contributed by atoms with van der Waals surface area (Å²) < 4.78 is 32.4. The monoisotopic (exact) mass is 280 g/mol. The SMILES string of the molecule is C[C@H](NS(=O)(=O)c1ccc(C#N)cc1)[C@@H]1CCCO1. The van der Waals surface area contributed by atoms with Crippen LogP contribution in [0.3, 0.4) is 0 Å². The fourth-order valence-electron chi connectivity index (χ4n) is 2.09. The molecule has 0 unspecified atom stereocenters. The van der Waals surface area contributed by atoms with Crippen molar-refractivity contribution in [3.05, 3.63) is 29.8 Å². The maximum Gasteiger partial charge on any atom is 0.240 e. The molecule has 1 saturated heterocycles. The summed E-state index contributed by atoms with van der Waals surface area (Å²) in [6.07, 6.45) is 1.78. The van der Waals surface area contributed by atoms with Gasteiger partial charge in [0.1, 0.15) is 0 Å². The van der Waals surface area contributed by atoms with Crippen LogP contribution in [0.1, 0.15) is 25.3 Å². The van der Waals surface area contributed by atoms with Crippen LogP contribution < -0.4 is 4.72 Å². The van der Waals surface area contributed by atoms with Gasteiger partial charge in [-0.05, 0) is 44.0 Å². The average molecular weight is 280 g/mol. The van der Waals surface area contributed by atoms with Gasteiger partial charge in [0.15, 0.2) is 0 Å². The summed E-state index contributed by atoms with van der Waals surface area (Å²) >= 11 is 0. The molecule has 0 saturated carbocycles. The summed E-state index contributed by atoms with van der Waals surface area (Å²) in [5, 5.41) is 8.69. The molecule has 0 bridgehead atoms. The summed E-state index contributed by atoms with van der Waals surface area (Å²) in [6, 6.07) is 7.54. The number of nitrogens with one attached hydrogen (secondary N) is 1. The van der Waals surface area contributed by atoms with Gasteiger partial charge < -0.3 is 4.74 Å². The standard InChI is InChI=1S/C13H16N2O3S/c1-10(13-3-2-8-18-13)15-19(16,17)12-6-4-11(9-14)5-7-12/h4-7,10,13,15H,2-3,8H2,1H3/t10-,13-/m0/s1. The Morgan fingerprint density at radius 2 is 2.11 bits per heavy atom. The first-order chi connectivity index (χ1) is 9.03. The molecule has 0 aliphatic carbocycles. The van der Waals surface area contributed by atoms with Crippen molar-refractivity contribution in [1.29, 1.82) is 5.26 Å². The molecule has 1 fully saturated rings. The van der Waals surface area contributed by atoms with Crippen LogP contribution in [0.2, 0.25) is 0 Å². The summed E-state index contributed by atoms with van der Waals surface area (Å²) in [6.45, 7) is 2.49. The molecule has 2 rings (SSSR count). The topological polar surface area (TPSA) is 79.2 Å². The first-order valence-electron chi connectivity index (χ1n) is 6.17. The number of ether oxygens (including phenoxy) is 1. The molecule has 1 heterocycles. The van der Waals surface area contributed by atoms with Crippen LogP contribution in [0.5, 0.6) is 0 Å². The lowest BCUT2D eigenvalue weighted by Gasteiger charge is -2.19. The first kappa shape index (κ1) is 14.0. The molecule has 2 atom stereocenters. The number of rotatable bonds is 4. The van der Waals surface area contributed by atoms with Gasteiger partial charge in [0, 0.05) is 12.6 Å². The van der Waals surface area contributed by atoms with E-state index in [1.807, 2.05) is 6.07 Å². The highest BCUT2D eigenvalue weighted by Gasteiger charge is 2.26. The van der Waals surface area contributed by atoms with E-state index in [0.717, 1.165) is 12.8 Å². The van der Waals surface area contributed by atoms with Crippen LogP contribution in [0.25, 0.3) is 0 Å². The second-order valence-electron chi connectivity index (χ2n) is 4.60. The summed E-state index contributed by atoms with van der Waals surface area (Å²) in [5.41, 5.74) is 0.436. The predicted molar refractivity (Wildman–Crippen MR) is 69.9 cm³/mol. The van der Waals surface area contributed by atoms with Gasteiger partial charge in [-0.1, -0.05) is 0 Å². The van der Waals surface area contributed by atoms with E-state index >= 15 is 0 Å². The van der Waals surface area contributed by atoms with Crippen LogP contribution >= 0.6 is 0 Å². The Hall–Kier alpha value is -1.42. The minimum Gasteiger partial charge on any atom is -0.377 e. The minimum absolute atomic E-state index is 0.0619. The van der Waals surface area contributed by atoms with Gasteiger partial charge in [-0.3, -0.25) is 0 Å². The largest absolute Gasteiger partial charge is 0.377 e. The molecular weight excluding hydrogens is 264 g/mol. The average Bonchev–Trinajstić information content (AvgIpc) is 2.92. The molecule has 6 heteroatoms. The van der Waals surface area contributed by atoms with Gasteiger partial charge in [-0.15, -0.1) is 0 Å². The Morgan fingerprint density at radius 1 is 1.42 bits per heavy atom. The minimum atomic E-state index is -3.56. The van der Waals surface area contributed by atoms with Crippen molar-refractivity contribution in [1.82, 2.24) is 4.72 Å². The van der Waals surface area contributed by atoms with E-state index in [0.29, 0.717) is 12.2 Å². The number of sulfonamides is 1. The van der Waals surface area contributed by atoms with Gasteiger partial charge in [0.25, 0.3) is 0 Å². The molecule has 0 aromatic heterocycles. The Balaban J connectivity index is 2.10. The van der Waals surface area contributed by atoms with Crippen molar-refractivity contribution in [2.75, 3.05) is 6.61 Å². The highest BCUT2D eigenvalue weighted by Crippen LogP contribution is 2.18. The lowest BCUT2D eigenvalue weighted by Crippen LogP contribution is -2.40. The Labute approximate surface area is 113 Å². The van der Waals surface area contributed by atoms with Gasteiger partial charge >= 0.3 is 0 Å². The van der Waals surface area contributed by atoms with Crippen LogP contribution in [-0.2, 0) is 14.8 Å². The first-order valence-corrected chi connectivity index (χ1v) is 7.65. The quantitative estimate of drug-likeness (QED) is 0.904. The van der Waals surface area contributed by atoms with Crippen LogP contribution in [0.4, 0.5) is 0 Å². The van der Waals surface area contributed by atoms with E-state index in [2.05, 4.69) is 4.72 Å². The molecule has 1 aliphatic heterocycles. The van der Waals surface area contributed by atoms with Crippen LogP contribution in [0.15, 0.2) is 29.2 Å². The summed E-state index contributed by atoms with van der Waals surface area (Å²) in [4.78, 5) is 0.163. The zero-order chi connectivity index (χ0) is 13.9. The van der Waals surface area contributed by atoms with Crippen molar-refractivity contribution in [3.63, 3.8) is 0 Å². The van der Waals surface area contributed by atoms with Crippen molar-refractivity contribution in [2.24, 2.45) is 0 Å². The third-order valence-corrected chi connectivity index (χ3v) is 4.73. The lowest BCUT2D eigenvalue weighted by molar-refractivity contribution is 0.0902. The molecule has 0 spiro atoms. The molecule has 1 aromatic carbocycles. The third kappa shape index (κ3) is 3.32. The van der Waals surface area contributed by atoms with Crippen molar-refractivity contribution < 1.29 is 13.2 Å². The van der Waals surface area contributed by atoms with E-state index in [1.165, 1.54) is 24.3 Å². The summed E-state index contributed by atoms with van der Waals surface area (Å²) in [7, 11) is -3.56. The molecule has 5 nitrogen and oxygen atoms in total. The predicted octanol–water partition coefficient (Wildman–Crippen LogP) is 1.40. The number of hydrogen-bond acceptors (Lipinski definition) is 4. The second-order valence-corrected chi connectivity index (χ2v) is 6.31. The fourth-order valence-corrected chi connectivity index (χ4v) is 3.37. The Kier molecular flexibility index (Phi) is 4.20. The number of hydrogen-bond donors (Lipinski definition) is 1. The molecule has 0 radical (unpaired) electrons. The van der Waals surface area contributed by atoms with Crippen molar-refractivity contribution >= 4 is 10.0 Å². The van der Waals surface area contributed by atoms with Crippen LogP contribution in [-0.4, -0.2) is 27.2 Å². The fraction of sp³-hybridized carbons (Fsp3) is 0.462. The molecule has 102 valence electrons.